The molecule has 1 aliphatic heterocycles. The average molecular weight is 499 g/mol. The van der Waals surface area contributed by atoms with E-state index in [9.17, 15) is 18.3 Å². The largest absolute Gasteiger partial charge is 1.00 e. The van der Waals surface area contributed by atoms with Gasteiger partial charge in [0.2, 0.25) is 10.0 Å². The van der Waals surface area contributed by atoms with Gasteiger partial charge < -0.3 is 19.2 Å². The molecule has 4 rings (SSSR count). The van der Waals surface area contributed by atoms with Gasteiger partial charge in [0.25, 0.3) is 0 Å². The zero-order valence-corrected chi connectivity index (χ0v) is 22.4. The van der Waals surface area contributed by atoms with Crippen LogP contribution in [0.3, 0.4) is 0 Å². The summed E-state index contributed by atoms with van der Waals surface area (Å²) >= 11 is 6.11. The smallest absolute Gasteiger partial charge is 0.548 e. The van der Waals surface area contributed by atoms with Gasteiger partial charge in [-0.15, -0.1) is 0 Å². The summed E-state index contributed by atoms with van der Waals surface area (Å²) in [6.45, 7) is 4.23. The number of carboxylic acid groups (broad SMARTS) is 1. The van der Waals surface area contributed by atoms with Crippen molar-refractivity contribution in [2.45, 2.75) is 43.7 Å². The molecule has 1 aromatic heterocycles. The van der Waals surface area contributed by atoms with Crippen LogP contribution in [0.1, 0.15) is 31.7 Å². The number of carboxylic acids is 1. The van der Waals surface area contributed by atoms with Crippen molar-refractivity contribution in [3.63, 3.8) is 0 Å². The minimum absolute atomic E-state index is 0. The van der Waals surface area contributed by atoms with Gasteiger partial charge in [-0.25, -0.2) is 8.42 Å². The SMILES string of the molecule is CC(C)Oc1ccc(S(=O)(=O)N2CC[C@@H](c3cn(CC(=O)[O-])c4cc(Cl)ccc34)C2)cc1.[Na+]. The molecular formula is C23H24ClN2NaO5S. The molecule has 0 unspecified atom stereocenters. The van der Waals surface area contributed by atoms with Crippen LogP contribution in [-0.4, -0.2) is 42.5 Å². The Hall–Kier alpha value is -1.55. The number of hydrogen-bond acceptors (Lipinski definition) is 5. The molecule has 170 valence electrons. The number of aliphatic carboxylic acids is 1. The molecule has 0 bridgehead atoms. The predicted molar refractivity (Wildman–Crippen MR) is 120 cm³/mol. The molecule has 0 aliphatic carbocycles. The molecule has 2 heterocycles. The van der Waals surface area contributed by atoms with Gasteiger partial charge in [-0.3, -0.25) is 0 Å². The van der Waals surface area contributed by atoms with Crippen molar-refractivity contribution >= 4 is 38.5 Å². The van der Waals surface area contributed by atoms with Crippen molar-refractivity contribution in [1.29, 1.82) is 0 Å². The van der Waals surface area contributed by atoms with Gasteiger partial charge in [0.1, 0.15) is 5.75 Å². The first-order valence-electron chi connectivity index (χ1n) is 10.4. The number of ether oxygens (including phenoxy) is 1. The molecule has 1 fully saturated rings. The van der Waals surface area contributed by atoms with Gasteiger partial charge in [0.15, 0.2) is 0 Å². The third kappa shape index (κ3) is 5.58. The van der Waals surface area contributed by atoms with Crippen molar-refractivity contribution in [3.8, 4) is 5.75 Å². The van der Waals surface area contributed by atoms with Crippen LogP contribution in [0.25, 0.3) is 10.9 Å². The van der Waals surface area contributed by atoms with Crippen molar-refractivity contribution < 1.29 is 52.6 Å². The Balaban J connectivity index is 0.00000306. The number of hydrogen-bond donors (Lipinski definition) is 0. The van der Waals surface area contributed by atoms with Gasteiger partial charge in [-0.05, 0) is 62.2 Å². The maximum atomic E-state index is 13.2. The molecule has 0 saturated carbocycles. The summed E-state index contributed by atoms with van der Waals surface area (Å²) in [4.78, 5) is 11.4. The van der Waals surface area contributed by atoms with E-state index in [4.69, 9.17) is 16.3 Å². The standard InChI is InChI=1S/C23H25ClN2O5S.Na/c1-15(2)31-18-4-6-19(7-5-18)32(29,30)26-10-9-16(12-26)21-13-25(14-23(27)28)22-11-17(24)3-8-20(21)22;/h3-8,11,13,15-16H,9-10,12,14H2,1-2H3,(H,27,28);/q;+1/p-1/t16-;/m1./s1. The first-order chi connectivity index (χ1) is 15.1. The fraction of sp³-hybridized carbons (Fsp3) is 0.348. The molecule has 10 heteroatoms. The summed E-state index contributed by atoms with van der Waals surface area (Å²) in [6.07, 6.45) is 2.42. The Bertz CT molecular complexity index is 1260. The van der Waals surface area contributed by atoms with Crippen molar-refractivity contribution in [3.05, 3.63) is 59.2 Å². The van der Waals surface area contributed by atoms with E-state index in [1.807, 2.05) is 19.9 Å². The number of sulfonamides is 1. The molecule has 1 atom stereocenters. The third-order valence-corrected chi connectivity index (χ3v) is 7.71. The minimum atomic E-state index is -3.65. The third-order valence-electron chi connectivity index (χ3n) is 5.60. The summed E-state index contributed by atoms with van der Waals surface area (Å²) in [5.74, 6) is -0.633. The molecule has 33 heavy (non-hydrogen) atoms. The van der Waals surface area contributed by atoms with Crippen LogP contribution >= 0.6 is 11.6 Å². The van der Waals surface area contributed by atoms with E-state index in [0.29, 0.717) is 35.8 Å². The predicted octanol–water partition coefficient (Wildman–Crippen LogP) is 0.0140. The van der Waals surface area contributed by atoms with E-state index >= 15 is 0 Å². The molecule has 2 aromatic carbocycles. The van der Waals surface area contributed by atoms with Gasteiger partial charge in [0, 0.05) is 35.6 Å². The van der Waals surface area contributed by atoms with Crippen LogP contribution in [0.5, 0.6) is 5.75 Å². The van der Waals surface area contributed by atoms with Gasteiger partial charge >= 0.3 is 29.6 Å². The fourth-order valence-corrected chi connectivity index (χ4v) is 5.87. The fourth-order valence-electron chi connectivity index (χ4n) is 4.20. The van der Waals surface area contributed by atoms with E-state index in [2.05, 4.69) is 0 Å². The van der Waals surface area contributed by atoms with Gasteiger partial charge in [0.05, 0.1) is 29.0 Å². The van der Waals surface area contributed by atoms with Crippen LogP contribution < -0.4 is 39.4 Å². The normalized spacial score (nSPS) is 16.8. The van der Waals surface area contributed by atoms with Crippen LogP contribution in [0.15, 0.2) is 53.6 Å². The molecule has 0 radical (unpaired) electrons. The Morgan fingerprint density at radius 3 is 2.55 bits per heavy atom. The van der Waals surface area contributed by atoms with E-state index < -0.39 is 16.0 Å². The Kier molecular flexibility index (Phi) is 8.19. The van der Waals surface area contributed by atoms with E-state index in [1.54, 1.807) is 47.2 Å². The zero-order valence-electron chi connectivity index (χ0n) is 18.8. The zero-order chi connectivity index (χ0) is 23.0. The quantitative estimate of drug-likeness (QED) is 0.428. The van der Waals surface area contributed by atoms with Crippen LogP contribution in [0.2, 0.25) is 5.02 Å². The van der Waals surface area contributed by atoms with E-state index in [0.717, 1.165) is 10.9 Å². The van der Waals surface area contributed by atoms with E-state index in [1.165, 1.54) is 4.31 Å². The second kappa shape index (κ2) is 10.4. The molecule has 0 amide bonds. The van der Waals surface area contributed by atoms with Crippen LogP contribution in [0.4, 0.5) is 0 Å². The molecule has 0 spiro atoms. The van der Waals surface area contributed by atoms with Crippen molar-refractivity contribution in [2.75, 3.05) is 13.1 Å². The molecule has 7 nitrogen and oxygen atoms in total. The minimum Gasteiger partial charge on any atom is -0.548 e. The maximum absolute atomic E-state index is 13.2. The van der Waals surface area contributed by atoms with Gasteiger partial charge in [-0.1, -0.05) is 17.7 Å². The Labute approximate surface area is 220 Å². The first-order valence-corrected chi connectivity index (χ1v) is 12.2. The van der Waals surface area contributed by atoms with E-state index in [-0.39, 0.29) is 53.0 Å². The first kappa shape index (κ1) is 26.1. The number of nitrogens with zero attached hydrogens (tertiary/aromatic N) is 2. The summed E-state index contributed by atoms with van der Waals surface area (Å²) in [5, 5.41) is 12.6. The molecule has 1 saturated heterocycles. The number of rotatable bonds is 7. The monoisotopic (exact) mass is 498 g/mol. The summed E-state index contributed by atoms with van der Waals surface area (Å²) in [5.41, 5.74) is 1.61. The average Bonchev–Trinajstić information content (AvgIpc) is 3.33. The van der Waals surface area contributed by atoms with Crippen molar-refractivity contribution in [2.24, 2.45) is 0 Å². The van der Waals surface area contributed by atoms with Crippen LogP contribution in [0, 0.1) is 0 Å². The Morgan fingerprint density at radius 2 is 1.91 bits per heavy atom. The number of fused-ring (bicyclic) bond motifs is 1. The number of aromatic nitrogens is 1. The number of carbonyl (C=O) groups excluding carboxylic acids is 1. The number of benzene rings is 2. The van der Waals surface area contributed by atoms with Crippen molar-refractivity contribution in [1.82, 2.24) is 8.87 Å². The maximum Gasteiger partial charge on any atom is 1.00 e. The summed E-state index contributed by atoms with van der Waals surface area (Å²) in [7, 11) is -3.65. The number of halogens is 1. The van der Waals surface area contributed by atoms with Crippen LogP contribution in [-0.2, 0) is 21.4 Å². The molecule has 3 aromatic rings. The Morgan fingerprint density at radius 1 is 1.21 bits per heavy atom. The second-order valence-corrected chi connectivity index (χ2v) is 10.6. The topological polar surface area (TPSA) is 91.7 Å². The number of carbonyl (C=O) groups is 1. The summed E-state index contributed by atoms with van der Waals surface area (Å²) in [6, 6.07) is 11.8. The second-order valence-electron chi connectivity index (χ2n) is 8.23. The summed E-state index contributed by atoms with van der Waals surface area (Å²) < 4.78 is 35.0. The molecule has 0 N–H and O–H groups in total. The van der Waals surface area contributed by atoms with Gasteiger partial charge in [-0.2, -0.15) is 4.31 Å². The molecule has 1 aliphatic rings. The molecular weight excluding hydrogens is 475 g/mol.